The first-order chi connectivity index (χ1) is 8.02. The van der Waals surface area contributed by atoms with Crippen LogP contribution in [0, 0.1) is 5.92 Å². The van der Waals surface area contributed by atoms with Crippen molar-refractivity contribution in [2.24, 2.45) is 5.92 Å². The minimum absolute atomic E-state index is 0.0133. The SMILES string of the molecule is CCCCC(C)C(=O)Nc1cc(Cl)nc(Cl)c1. The Kier molecular flexibility index (Phi) is 5.72. The van der Waals surface area contributed by atoms with E-state index < -0.39 is 0 Å². The van der Waals surface area contributed by atoms with E-state index in [4.69, 9.17) is 23.2 Å². The Morgan fingerprint density at radius 2 is 2.00 bits per heavy atom. The van der Waals surface area contributed by atoms with Gasteiger partial charge in [0.15, 0.2) is 0 Å². The number of anilines is 1. The van der Waals surface area contributed by atoms with Crippen LogP contribution in [-0.2, 0) is 4.79 Å². The average molecular weight is 275 g/mol. The summed E-state index contributed by atoms with van der Waals surface area (Å²) >= 11 is 11.5. The van der Waals surface area contributed by atoms with E-state index in [1.54, 1.807) is 12.1 Å². The monoisotopic (exact) mass is 274 g/mol. The summed E-state index contributed by atoms with van der Waals surface area (Å²) in [6, 6.07) is 3.16. The molecule has 1 unspecified atom stereocenters. The van der Waals surface area contributed by atoms with Gasteiger partial charge in [-0.05, 0) is 18.6 Å². The van der Waals surface area contributed by atoms with Crippen molar-refractivity contribution in [3.8, 4) is 0 Å². The Hall–Kier alpha value is -0.800. The lowest BCUT2D eigenvalue weighted by atomic mass is 10.0. The van der Waals surface area contributed by atoms with E-state index in [2.05, 4.69) is 17.2 Å². The Balaban J connectivity index is 2.61. The smallest absolute Gasteiger partial charge is 0.227 e. The molecule has 0 spiro atoms. The second-order valence-electron chi connectivity index (χ2n) is 4.03. The fourth-order valence-electron chi connectivity index (χ4n) is 1.44. The molecule has 1 heterocycles. The maximum absolute atomic E-state index is 11.8. The topological polar surface area (TPSA) is 42.0 Å². The second-order valence-corrected chi connectivity index (χ2v) is 4.81. The van der Waals surface area contributed by atoms with Crippen LogP contribution in [0.3, 0.4) is 0 Å². The fourth-order valence-corrected chi connectivity index (χ4v) is 1.90. The molecule has 0 saturated heterocycles. The standard InChI is InChI=1S/C12H16Cl2N2O/c1-3-4-5-8(2)12(17)15-9-6-10(13)16-11(14)7-9/h6-8H,3-5H2,1-2H3,(H,15,16,17). The van der Waals surface area contributed by atoms with Crippen LogP contribution in [0.2, 0.25) is 10.3 Å². The van der Waals surface area contributed by atoms with Gasteiger partial charge in [0.25, 0.3) is 0 Å². The molecule has 3 nitrogen and oxygen atoms in total. The average Bonchev–Trinajstić information content (AvgIpc) is 2.24. The number of halogens is 2. The normalized spacial score (nSPS) is 12.2. The van der Waals surface area contributed by atoms with Crippen molar-refractivity contribution in [2.75, 3.05) is 5.32 Å². The fraction of sp³-hybridized carbons (Fsp3) is 0.500. The quantitative estimate of drug-likeness (QED) is 0.820. The Bertz CT molecular complexity index is 376. The third kappa shape index (κ3) is 4.92. The summed E-state index contributed by atoms with van der Waals surface area (Å²) in [6.45, 7) is 4.02. The first-order valence-electron chi connectivity index (χ1n) is 5.67. The van der Waals surface area contributed by atoms with E-state index in [1.165, 1.54) is 0 Å². The molecule has 0 fully saturated rings. The van der Waals surface area contributed by atoms with Gasteiger partial charge in [-0.25, -0.2) is 4.98 Å². The van der Waals surface area contributed by atoms with E-state index in [-0.39, 0.29) is 22.1 Å². The highest BCUT2D eigenvalue weighted by Gasteiger charge is 2.12. The number of rotatable bonds is 5. The van der Waals surface area contributed by atoms with Gasteiger partial charge in [0.2, 0.25) is 5.91 Å². The van der Waals surface area contributed by atoms with Crippen molar-refractivity contribution in [1.82, 2.24) is 4.98 Å². The highest BCUT2D eigenvalue weighted by Crippen LogP contribution is 2.20. The maximum atomic E-state index is 11.8. The molecule has 0 aliphatic heterocycles. The van der Waals surface area contributed by atoms with E-state index >= 15 is 0 Å². The zero-order valence-corrected chi connectivity index (χ0v) is 11.5. The van der Waals surface area contributed by atoms with Crippen LogP contribution in [0.1, 0.15) is 33.1 Å². The molecule has 0 aliphatic carbocycles. The first-order valence-corrected chi connectivity index (χ1v) is 6.42. The highest BCUT2D eigenvalue weighted by atomic mass is 35.5. The van der Waals surface area contributed by atoms with Crippen molar-refractivity contribution < 1.29 is 4.79 Å². The van der Waals surface area contributed by atoms with Gasteiger partial charge in [0, 0.05) is 11.6 Å². The van der Waals surface area contributed by atoms with Crippen molar-refractivity contribution >= 4 is 34.8 Å². The molecule has 5 heteroatoms. The van der Waals surface area contributed by atoms with Gasteiger partial charge in [0.05, 0.1) is 0 Å². The van der Waals surface area contributed by atoms with Crippen LogP contribution in [0.4, 0.5) is 5.69 Å². The summed E-state index contributed by atoms with van der Waals surface area (Å²) in [5.74, 6) is -0.0301. The molecule has 0 aliphatic rings. The predicted molar refractivity (Wildman–Crippen MR) is 71.6 cm³/mol. The van der Waals surface area contributed by atoms with Gasteiger partial charge in [0.1, 0.15) is 10.3 Å². The van der Waals surface area contributed by atoms with Gasteiger partial charge < -0.3 is 5.32 Å². The summed E-state index contributed by atoms with van der Waals surface area (Å²) in [4.78, 5) is 15.6. The Morgan fingerprint density at radius 1 is 1.41 bits per heavy atom. The van der Waals surface area contributed by atoms with Crippen LogP contribution in [-0.4, -0.2) is 10.9 Å². The van der Waals surface area contributed by atoms with Crippen molar-refractivity contribution in [3.05, 3.63) is 22.4 Å². The number of hydrogen-bond donors (Lipinski definition) is 1. The van der Waals surface area contributed by atoms with Gasteiger partial charge in [-0.2, -0.15) is 0 Å². The number of hydrogen-bond acceptors (Lipinski definition) is 2. The lowest BCUT2D eigenvalue weighted by Gasteiger charge is -2.11. The molecule has 0 radical (unpaired) electrons. The minimum Gasteiger partial charge on any atom is -0.326 e. The van der Waals surface area contributed by atoms with Crippen LogP contribution in [0.15, 0.2) is 12.1 Å². The van der Waals surface area contributed by atoms with Gasteiger partial charge in [-0.15, -0.1) is 0 Å². The first kappa shape index (κ1) is 14.3. The predicted octanol–water partition coefficient (Wildman–Crippen LogP) is 4.15. The molecule has 0 saturated carbocycles. The van der Waals surface area contributed by atoms with E-state index in [0.29, 0.717) is 5.69 Å². The van der Waals surface area contributed by atoms with Gasteiger partial charge in [-0.1, -0.05) is 49.9 Å². The Labute approximate surface area is 112 Å². The molecule has 1 N–H and O–H groups in total. The second kappa shape index (κ2) is 6.82. The molecule has 1 aromatic heterocycles. The lowest BCUT2D eigenvalue weighted by molar-refractivity contribution is -0.119. The molecule has 0 bridgehead atoms. The number of nitrogens with one attached hydrogen (secondary N) is 1. The number of carbonyl (C=O) groups is 1. The summed E-state index contributed by atoms with van der Waals surface area (Å²) < 4.78 is 0. The van der Waals surface area contributed by atoms with E-state index in [9.17, 15) is 4.79 Å². The molecular formula is C12H16Cl2N2O. The number of amides is 1. The van der Waals surface area contributed by atoms with Crippen LogP contribution >= 0.6 is 23.2 Å². The minimum atomic E-state index is -0.0169. The largest absolute Gasteiger partial charge is 0.326 e. The number of aromatic nitrogens is 1. The summed E-state index contributed by atoms with van der Waals surface area (Å²) in [6.07, 6.45) is 3.02. The van der Waals surface area contributed by atoms with E-state index in [0.717, 1.165) is 19.3 Å². The molecule has 94 valence electrons. The molecule has 1 rings (SSSR count). The number of nitrogens with zero attached hydrogens (tertiary/aromatic N) is 1. The molecule has 0 aromatic carbocycles. The maximum Gasteiger partial charge on any atom is 0.227 e. The lowest BCUT2D eigenvalue weighted by Crippen LogP contribution is -2.20. The Morgan fingerprint density at radius 3 is 2.53 bits per heavy atom. The summed E-state index contributed by atoms with van der Waals surface area (Å²) in [5, 5.41) is 3.33. The molecular weight excluding hydrogens is 259 g/mol. The van der Waals surface area contributed by atoms with Crippen molar-refractivity contribution in [3.63, 3.8) is 0 Å². The van der Waals surface area contributed by atoms with E-state index in [1.807, 2.05) is 6.92 Å². The zero-order chi connectivity index (χ0) is 12.8. The molecule has 1 aromatic rings. The van der Waals surface area contributed by atoms with Crippen LogP contribution in [0.25, 0.3) is 0 Å². The number of pyridine rings is 1. The zero-order valence-electron chi connectivity index (χ0n) is 9.96. The van der Waals surface area contributed by atoms with Crippen molar-refractivity contribution in [2.45, 2.75) is 33.1 Å². The van der Waals surface area contributed by atoms with Crippen molar-refractivity contribution in [1.29, 1.82) is 0 Å². The van der Waals surface area contributed by atoms with Crippen LogP contribution < -0.4 is 5.32 Å². The third-order valence-electron chi connectivity index (χ3n) is 2.47. The third-order valence-corrected chi connectivity index (χ3v) is 2.86. The highest BCUT2D eigenvalue weighted by molar-refractivity contribution is 6.32. The van der Waals surface area contributed by atoms with Gasteiger partial charge >= 0.3 is 0 Å². The summed E-state index contributed by atoms with van der Waals surface area (Å²) in [7, 11) is 0. The van der Waals surface area contributed by atoms with Crippen LogP contribution in [0.5, 0.6) is 0 Å². The molecule has 1 atom stereocenters. The summed E-state index contributed by atoms with van der Waals surface area (Å²) in [5.41, 5.74) is 0.586. The van der Waals surface area contributed by atoms with Gasteiger partial charge in [-0.3, -0.25) is 4.79 Å². The molecule has 1 amide bonds. The number of unbranched alkanes of at least 4 members (excludes halogenated alkanes) is 1. The molecule has 17 heavy (non-hydrogen) atoms. The number of carbonyl (C=O) groups excluding carboxylic acids is 1.